The van der Waals surface area contributed by atoms with E-state index in [9.17, 15) is 9.90 Å². The largest absolute Gasteiger partial charge is 0.491 e. The van der Waals surface area contributed by atoms with Crippen LogP contribution in [0.1, 0.15) is 24.5 Å². The van der Waals surface area contributed by atoms with Gasteiger partial charge in [-0.25, -0.2) is 0 Å². The molecule has 1 unspecified atom stereocenters. The maximum atomic E-state index is 11.4. The van der Waals surface area contributed by atoms with E-state index < -0.39 is 6.10 Å². The van der Waals surface area contributed by atoms with Crippen molar-refractivity contribution in [3.05, 3.63) is 29.3 Å². The van der Waals surface area contributed by atoms with Crippen molar-refractivity contribution >= 4 is 5.91 Å². The number of β-amino-alcohol motifs (C(OH)–C–C–N with tert-alkyl or cyclic N) is 1. The van der Waals surface area contributed by atoms with Crippen LogP contribution >= 0.6 is 0 Å². The number of aryl methyl sites for hydroxylation is 2. The normalized spacial score (nSPS) is 17.7. The predicted octanol–water partition coefficient (Wildman–Crippen LogP) is 1.60. The van der Waals surface area contributed by atoms with Crippen molar-refractivity contribution in [3.63, 3.8) is 0 Å². The molecule has 1 heterocycles. The van der Waals surface area contributed by atoms with Crippen LogP contribution in [-0.4, -0.2) is 66.2 Å². The zero-order chi connectivity index (χ0) is 16.8. The predicted molar refractivity (Wildman–Crippen MR) is 90.7 cm³/mol. The number of hydrogen-bond donors (Lipinski definition) is 1. The van der Waals surface area contributed by atoms with Crippen LogP contribution in [0.25, 0.3) is 0 Å². The molecule has 1 aliphatic heterocycles. The number of aliphatic hydroxyl groups excluding tert-OH is 1. The first kappa shape index (κ1) is 17.8. The summed E-state index contributed by atoms with van der Waals surface area (Å²) in [5.41, 5.74) is 2.32. The van der Waals surface area contributed by atoms with Crippen molar-refractivity contribution in [3.8, 4) is 5.75 Å². The first-order valence-corrected chi connectivity index (χ1v) is 8.31. The van der Waals surface area contributed by atoms with Crippen LogP contribution in [0.5, 0.6) is 5.75 Å². The van der Waals surface area contributed by atoms with Gasteiger partial charge in [-0.1, -0.05) is 6.07 Å². The van der Waals surface area contributed by atoms with E-state index >= 15 is 0 Å². The summed E-state index contributed by atoms with van der Waals surface area (Å²) in [6.07, 6.45) is 0.421. The third kappa shape index (κ3) is 5.84. The highest BCUT2D eigenvalue weighted by molar-refractivity contribution is 5.73. The highest BCUT2D eigenvalue weighted by Gasteiger charge is 2.18. The lowest BCUT2D eigenvalue weighted by Gasteiger charge is -2.23. The highest BCUT2D eigenvalue weighted by Crippen LogP contribution is 2.16. The summed E-state index contributed by atoms with van der Waals surface area (Å²) in [5.74, 6) is 0.936. The molecule has 1 aromatic rings. The van der Waals surface area contributed by atoms with E-state index in [0.29, 0.717) is 6.54 Å². The molecule has 1 amide bonds. The molecule has 0 aliphatic carbocycles. The monoisotopic (exact) mass is 320 g/mol. The van der Waals surface area contributed by atoms with E-state index in [1.807, 2.05) is 30.9 Å². The molecular weight excluding hydrogens is 292 g/mol. The molecule has 2 rings (SSSR count). The number of rotatable bonds is 5. The molecule has 1 fully saturated rings. The van der Waals surface area contributed by atoms with Crippen molar-refractivity contribution in [1.29, 1.82) is 0 Å². The molecule has 0 radical (unpaired) electrons. The van der Waals surface area contributed by atoms with Gasteiger partial charge in [0.15, 0.2) is 0 Å². The summed E-state index contributed by atoms with van der Waals surface area (Å²) in [7, 11) is 0. The van der Waals surface area contributed by atoms with Gasteiger partial charge in [0.25, 0.3) is 0 Å². The Bertz CT molecular complexity index is 513. The molecule has 5 heteroatoms. The molecule has 0 aromatic heterocycles. The average molecular weight is 320 g/mol. The minimum absolute atomic E-state index is 0.130. The maximum absolute atomic E-state index is 11.4. The van der Waals surface area contributed by atoms with Crippen LogP contribution in [0.4, 0.5) is 0 Å². The maximum Gasteiger partial charge on any atom is 0.219 e. The Morgan fingerprint density at radius 1 is 1.17 bits per heavy atom. The van der Waals surface area contributed by atoms with Gasteiger partial charge < -0.3 is 14.7 Å². The van der Waals surface area contributed by atoms with Crippen molar-refractivity contribution in [2.45, 2.75) is 33.3 Å². The van der Waals surface area contributed by atoms with Gasteiger partial charge in [-0.3, -0.25) is 9.69 Å². The number of nitrogens with zero attached hydrogens (tertiary/aromatic N) is 2. The van der Waals surface area contributed by atoms with Gasteiger partial charge in [0.2, 0.25) is 5.91 Å². The fourth-order valence-electron chi connectivity index (χ4n) is 3.03. The molecule has 0 bridgehead atoms. The lowest BCUT2D eigenvalue weighted by Crippen LogP contribution is -2.38. The molecular formula is C18H28N2O3. The SMILES string of the molecule is CC(=O)N1CCCN(CC(O)COc2cc(C)cc(C)c2)CC1. The molecule has 1 atom stereocenters. The second-order valence-corrected chi connectivity index (χ2v) is 6.45. The minimum Gasteiger partial charge on any atom is -0.491 e. The lowest BCUT2D eigenvalue weighted by molar-refractivity contribution is -0.128. The Morgan fingerprint density at radius 3 is 2.52 bits per heavy atom. The Kier molecular flexibility index (Phi) is 6.42. The molecule has 1 aliphatic rings. The summed E-state index contributed by atoms with van der Waals surface area (Å²) in [5, 5.41) is 10.2. The molecule has 23 heavy (non-hydrogen) atoms. The summed E-state index contributed by atoms with van der Waals surface area (Å²) >= 11 is 0. The zero-order valence-corrected chi connectivity index (χ0v) is 14.4. The van der Waals surface area contributed by atoms with Crippen molar-refractivity contribution in [2.24, 2.45) is 0 Å². The summed E-state index contributed by atoms with van der Waals surface area (Å²) in [4.78, 5) is 15.5. The number of benzene rings is 1. The first-order valence-electron chi connectivity index (χ1n) is 8.31. The van der Waals surface area contributed by atoms with Gasteiger partial charge in [0.1, 0.15) is 18.5 Å². The summed E-state index contributed by atoms with van der Waals surface area (Å²) in [6.45, 7) is 9.81. The van der Waals surface area contributed by atoms with Crippen LogP contribution in [0.3, 0.4) is 0 Å². The van der Waals surface area contributed by atoms with E-state index in [1.54, 1.807) is 6.92 Å². The molecule has 0 spiro atoms. The van der Waals surface area contributed by atoms with Crippen molar-refractivity contribution < 1.29 is 14.6 Å². The number of hydrogen-bond acceptors (Lipinski definition) is 4. The molecule has 1 aromatic carbocycles. The van der Waals surface area contributed by atoms with Crippen LogP contribution in [0, 0.1) is 13.8 Å². The van der Waals surface area contributed by atoms with Gasteiger partial charge in [-0.2, -0.15) is 0 Å². The zero-order valence-electron chi connectivity index (χ0n) is 14.4. The average Bonchev–Trinajstić information content (AvgIpc) is 2.70. The second kappa shape index (κ2) is 8.31. The van der Waals surface area contributed by atoms with E-state index in [1.165, 1.54) is 0 Å². The molecule has 128 valence electrons. The quantitative estimate of drug-likeness (QED) is 0.895. The number of ether oxygens (including phenoxy) is 1. The Labute approximate surface area is 138 Å². The molecule has 0 saturated carbocycles. The Morgan fingerprint density at radius 2 is 1.87 bits per heavy atom. The fourth-order valence-corrected chi connectivity index (χ4v) is 3.03. The van der Waals surface area contributed by atoms with Crippen molar-refractivity contribution in [1.82, 2.24) is 9.80 Å². The Balaban J connectivity index is 1.78. The third-order valence-electron chi connectivity index (χ3n) is 4.14. The minimum atomic E-state index is -0.528. The summed E-state index contributed by atoms with van der Waals surface area (Å²) in [6, 6.07) is 6.06. The first-order chi connectivity index (χ1) is 10.9. The van der Waals surface area contributed by atoms with Crippen molar-refractivity contribution in [2.75, 3.05) is 39.3 Å². The van der Waals surface area contributed by atoms with Crippen LogP contribution in [0.2, 0.25) is 0 Å². The highest BCUT2D eigenvalue weighted by atomic mass is 16.5. The van der Waals surface area contributed by atoms with E-state index in [0.717, 1.165) is 49.5 Å². The standard InChI is InChI=1S/C18H28N2O3/c1-14-9-15(2)11-18(10-14)23-13-17(22)12-19-5-4-6-20(8-7-19)16(3)21/h9-11,17,22H,4-8,12-13H2,1-3H3. The van der Waals surface area contributed by atoms with Gasteiger partial charge in [-0.05, 0) is 50.1 Å². The van der Waals surface area contributed by atoms with Gasteiger partial charge in [0.05, 0.1) is 0 Å². The topological polar surface area (TPSA) is 53.0 Å². The molecule has 5 nitrogen and oxygen atoms in total. The number of amides is 1. The number of carbonyl (C=O) groups is 1. The van der Waals surface area contributed by atoms with Gasteiger partial charge in [0, 0.05) is 33.1 Å². The fraction of sp³-hybridized carbons (Fsp3) is 0.611. The third-order valence-corrected chi connectivity index (χ3v) is 4.14. The van der Waals surface area contributed by atoms with Crippen LogP contribution < -0.4 is 4.74 Å². The smallest absolute Gasteiger partial charge is 0.219 e. The molecule has 1 saturated heterocycles. The Hall–Kier alpha value is -1.59. The van der Waals surface area contributed by atoms with Crippen LogP contribution in [0.15, 0.2) is 18.2 Å². The van der Waals surface area contributed by atoms with E-state index in [-0.39, 0.29) is 12.5 Å². The lowest BCUT2D eigenvalue weighted by atomic mass is 10.1. The number of aliphatic hydroxyl groups is 1. The van der Waals surface area contributed by atoms with E-state index in [4.69, 9.17) is 4.74 Å². The van der Waals surface area contributed by atoms with Crippen LogP contribution in [-0.2, 0) is 4.79 Å². The molecule has 1 N–H and O–H groups in total. The summed E-state index contributed by atoms with van der Waals surface area (Å²) < 4.78 is 5.72. The van der Waals surface area contributed by atoms with Gasteiger partial charge in [-0.15, -0.1) is 0 Å². The van der Waals surface area contributed by atoms with E-state index in [2.05, 4.69) is 11.0 Å². The second-order valence-electron chi connectivity index (χ2n) is 6.45. The van der Waals surface area contributed by atoms with Gasteiger partial charge >= 0.3 is 0 Å². The number of carbonyl (C=O) groups excluding carboxylic acids is 1.